The first-order valence-electron chi connectivity index (χ1n) is 5.99. The number of nitrogens with one attached hydrogen (secondary N) is 1. The third-order valence-corrected chi connectivity index (χ3v) is 4.11. The maximum atomic E-state index is 11.9. The molecule has 1 rings (SSSR count). The van der Waals surface area contributed by atoms with Gasteiger partial charge in [0.1, 0.15) is 0 Å². The van der Waals surface area contributed by atoms with Gasteiger partial charge in [0.05, 0.1) is 10.5 Å². The quantitative estimate of drug-likeness (QED) is 0.849. The minimum Gasteiger partial charge on any atom is -0.388 e. The van der Waals surface area contributed by atoms with Gasteiger partial charge in [-0.15, -0.1) is 11.3 Å². The van der Waals surface area contributed by atoms with Crippen molar-refractivity contribution in [3.05, 3.63) is 21.4 Å². The molecule has 1 unspecified atom stereocenters. The Morgan fingerprint density at radius 1 is 1.53 bits per heavy atom. The highest BCUT2D eigenvalue weighted by Crippen LogP contribution is 2.22. The monoisotopic (exact) mass is 255 g/mol. The van der Waals surface area contributed by atoms with Gasteiger partial charge in [0.15, 0.2) is 0 Å². The third kappa shape index (κ3) is 3.82. The molecule has 0 radical (unpaired) electrons. The fraction of sp³-hybridized carbons (Fsp3) is 0.615. The summed E-state index contributed by atoms with van der Waals surface area (Å²) in [4.78, 5) is 13.8. The Hall–Kier alpha value is -0.870. The first kappa shape index (κ1) is 14.2. The van der Waals surface area contributed by atoms with Gasteiger partial charge in [0, 0.05) is 11.4 Å². The number of amides is 1. The lowest BCUT2D eigenvalue weighted by atomic mass is 10.0. The van der Waals surface area contributed by atoms with Crippen LogP contribution < -0.4 is 5.32 Å². The van der Waals surface area contributed by atoms with E-state index in [9.17, 15) is 9.90 Å². The Morgan fingerprint density at radius 3 is 2.65 bits per heavy atom. The molecular weight excluding hydrogens is 234 g/mol. The first-order valence-corrected chi connectivity index (χ1v) is 6.81. The minimum atomic E-state index is -0.824. The van der Waals surface area contributed by atoms with Crippen molar-refractivity contribution in [2.75, 3.05) is 6.54 Å². The fourth-order valence-corrected chi connectivity index (χ4v) is 2.50. The number of thiophene rings is 1. The highest BCUT2D eigenvalue weighted by molar-refractivity contribution is 7.14. The predicted octanol–water partition coefficient (Wildman–Crippen LogP) is 2.51. The Kier molecular flexibility index (Phi) is 4.71. The van der Waals surface area contributed by atoms with E-state index in [0.29, 0.717) is 13.0 Å². The minimum absolute atomic E-state index is 0.0912. The zero-order chi connectivity index (χ0) is 13.1. The normalized spacial score (nSPS) is 14.4. The van der Waals surface area contributed by atoms with E-state index >= 15 is 0 Å². The number of carbonyl (C=O) groups excluding carboxylic acids is 1. The van der Waals surface area contributed by atoms with Crippen molar-refractivity contribution in [3.8, 4) is 0 Å². The fourth-order valence-electron chi connectivity index (χ4n) is 1.47. The SMILES string of the molecule is CCc1cc(C(=O)NCC(C)(O)CC)sc1C. The summed E-state index contributed by atoms with van der Waals surface area (Å²) in [7, 11) is 0. The Morgan fingerprint density at radius 2 is 2.18 bits per heavy atom. The number of hydrogen-bond acceptors (Lipinski definition) is 3. The largest absolute Gasteiger partial charge is 0.388 e. The van der Waals surface area contributed by atoms with Gasteiger partial charge in [-0.3, -0.25) is 4.79 Å². The van der Waals surface area contributed by atoms with E-state index in [1.807, 2.05) is 19.9 Å². The molecule has 17 heavy (non-hydrogen) atoms. The van der Waals surface area contributed by atoms with E-state index in [2.05, 4.69) is 12.2 Å². The van der Waals surface area contributed by atoms with Gasteiger partial charge in [0.25, 0.3) is 5.91 Å². The van der Waals surface area contributed by atoms with E-state index in [0.717, 1.165) is 11.3 Å². The van der Waals surface area contributed by atoms with Crippen LogP contribution in [0.15, 0.2) is 6.07 Å². The molecule has 3 nitrogen and oxygen atoms in total. The number of rotatable bonds is 5. The van der Waals surface area contributed by atoms with Crippen LogP contribution in [0.25, 0.3) is 0 Å². The van der Waals surface area contributed by atoms with Gasteiger partial charge in [-0.1, -0.05) is 13.8 Å². The molecule has 0 aliphatic carbocycles. The molecule has 0 aliphatic rings. The lowest BCUT2D eigenvalue weighted by Gasteiger charge is -2.21. The summed E-state index contributed by atoms with van der Waals surface area (Å²) in [6.45, 7) is 8.03. The molecule has 4 heteroatoms. The van der Waals surface area contributed by atoms with Crippen LogP contribution >= 0.6 is 11.3 Å². The van der Waals surface area contributed by atoms with Crippen molar-refractivity contribution in [1.29, 1.82) is 0 Å². The summed E-state index contributed by atoms with van der Waals surface area (Å²) in [5.74, 6) is -0.0912. The van der Waals surface area contributed by atoms with Crippen molar-refractivity contribution < 1.29 is 9.90 Å². The molecule has 1 amide bonds. The average molecular weight is 255 g/mol. The van der Waals surface area contributed by atoms with Gasteiger partial charge in [-0.05, 0) is 38.3 Å². The van der Waals surface area contributed by atoms with Crippen LogP contribution in [0.2, 0.25) is 0 Å². The van der Waals surface area contributed by atoms with Crippen molar-refractivity contribution in [3.63, 3.8) is 0 Å². The summed E-state index contributed by atoms with van der Waals surface area (Å²) < 4.78 is 0. The number of aliphatic hydroxyl groups is 1. The molecule has 1 aromatic heterocycles. The molecule has 96 valence electrons. The van der Waals surface area contributed by atoms with E-state index < -0.39 is 5.60 Å². The Labute approximate surface area is 107 Å². The van der Waals surface area contributed by atoms with Gasteiger partial charge < -0.3 is 10.4 Å². The topological polar surface area (TPSA) is 49.3 Å². The lowest BCUT2D eigenvalue weighted by molar-refractivity contribution is 0.0519. The molecule has 1 atom stereocenters. The maximum absolute atomic E-state index is 11.9. The molecule has 0 saturated heterocycles. The number of aryl methyl sites for hydroxylation is 2. The van der Waals surface area contributed by atoms with Crippen molar-refractivity contribution in [1.82, 2.24) is 5.32 Å². The van der Waals surface area contributed by atoms with Gasteiger partial charge in [-0.25, -0.2) is 0 Å². The Balaban J connectivity index is 2.64. The van der Waals surface area contributed by atoms with Crippen LogP contribution in [0.5, 0.6) is 0 Å². The first-order chi connectivity index (χ1) is 7.89. The smallest absolute Gasteiger partial charge is 0.261 e. The zero-order valence-electron chi connectivity index (χ0n) is 11.0. The van der Waals surface area contributed by atoms with Crippen LogP contribution in [0.1, 0.15) is 47.3 Å². The maximum Gasteiger partial charge on any atom is 0.261 e. The summed E-state index contributed by atoms with van der Waals surface area (Å²) in [5.41, 5.74) is 0.401. The molecule has 1 heterocycles. The van der Waals surface area contributed by atoms with Gasteiger partial charge in [-0.2, -0.15) is 0 Å². The second kappa shape index (κ2) is 5.65. The average Bonchev–Trinajstić information content (AvgIpc) is 2.67. The summed E-state index contributed by atoms with van der Waals surface area (Å²) in [6, 6.07) is 1.94. The molecule has 1 aromatic rings. The van der Waals surface area contributed by atoms with E-state index in [-0.39, 0.29) is 5.91 Å². The molecule has 0 spiro atoms. The molecular formula is C13H21NO2S. The summed E-state index contributed by atoms with van der Waals surface area (Å²) in [5, 5.41) is 12.6. The van der Waals surface area contributed by atoms with Crippen LogP contribution in [-0.4, -0.2) is 23.2 Å². The van der Waals surface area contributed by atoms with E-state index in [1.54, 1.807) is 6.92 Å². The standard InChI is InChI=1S/C13H21NO2S/c1-5-10-7-11(17-9(10)3)12(15)14-8-13(4,16)6-2/h7,16H,5-6,8H2,1-4H3,(H,14,15). The zero-order valence-corrected chi connectivity index (χ0v) is 11.8. The van der Waals surface area contributed by atoms with Crippen molar-refractivity contribution >= 4 is 17.2 Å². The lowest BCUT2D eigenvalue weighted by Crippen LogP contribution is -2.39. The van der Waals surface area contributed by atoms with Crippen LogP contribution in [0.3, 0.4) is 0 Å². The van der Waals surface area contributed by atoms with Crippen LogP contribution in [0, 0.1) is 6.92 Å². The van der Waals surface area contributed by atoms with E-state index in [1.165, 1.54) is 21.8 Å². The molecule has 0 aliphatic heterocycles. The van der Waals surface area contributed by atoms with Gasteiger partial charge >= 0.3 is 0 Å². The summed E-state index contributed by atoms with van der Waals surface area (Å²) >= 11 is 1.51. The summed E-state index contributed by atoms with van der Waals surface area (Å²) in [6.07, 6.45) is 1.57. The van der Waals surface area contributed by atoms with E-state index in [4.69, 9.17) is 0 Å². The predicted molar refractivity (Wildman–Crippen MR) is 71.7 cm³/mol. The molecule has 2 N–H and O–H groups in total. The number of hydrogen-bond donors (Lipinski definition) is 2. The third-order valence-electron chi connectivity index (χ3n) is 3.02. The molecule has 0 bridgehead atoms. The second-order valence-electron chi connectivity index (χ2n) is 4.58. The van der Waals surface area contributed by atoms with Gasteiger partial charge in [0.2, 0.25) is 0 Å². The van der Waals surface area contributed by atoms with Crippen molar-refractivity contribution in [2.45, 2.75) is 46.1 Å². The van der Waals surface area contributed by atoms with Crippen LogP contribution in [0.4, 0.5) is 0 Å². The van der Waals surface area contributed by atoms with Crippen LogP contribution in [-0.2, 0) is 6.42 Å². The Bertz CT molecular complexity index is 396. The second-order valence-corrected chi connectivity index (χ2v) is 5.84. The number of carbonyl (C=O) groups is 1. The highest BCUT2D eigenvalue weighted by atomic mass is 32.1. The molecule has 0 aromatic carbocycles. The highest BCUT2D eigenvalue weighted by Gasteiger charge is 2.19. The van der Waals surface area contributed by atoms with Crippen molar-refractivity contribution in [2.24, 2.45) is 0 Å². The molecule has 0 fully saturated rings. The molecule has 0 saturated carbocycles.